The van der Waals surface area contributed by atoms with Crippen molar-refractivity contribution in [1.29, 1.82) is 0 Å². The van der Waals surface area contributed by atoms with Gasteiger partial charge in [-0.2, -0.15) is 5.10 Å². The zero-order chi connectivity index (χ0) is 22.1. The van der Waals surface area contributed by atoms with Gasteiger partial charge in [-0.1, -0.05) is 18.2 Å². The number of aryl methyl sites for hydroxylation is 1. The Bertz CT molecular complexity index is 1280. The normalized spacial score (nSPS) is 11.1. The van der Waals surface area contributed by atoms with Crippen molar-refractivity contribution in [3.63, 3.8) is 0 Å². The highest BCUT2D eigenvalue weighted by Crippen LogP contribution is 2.33. The zero-order valence-electron chi connectivity index (χ0n) is 17.3. The van der Waals surface area contributed by atoms with Crippen molar-refractivity contribution in [2.45, 2.75) is 26.8 Å². The van der Waals surface area contributed by atoms with E-state index in [4.69, 9.17) is 5.73 Å². The molecule has 2 amide bonds. The quantitative estimate of drug-likeness (QED) is 0.442. The number of carbonyl (C=O) groups is 1. The van der Waals surface area contributed by atoms with Crippen LogP contribution in [0, 0.1) is 12.7 Å². The van der Waals surface area contributed by atoms with Crippen LogP contribution < -0.4 is 16.4 Å². The van der Waals surface area contributed by atoms with Gasteiger partial charge in [-0.25, -0.2) is 23.8 Å². The molecule has 8 nitrogen and oxygen atoms in total. The number of benzene rings is 2. The molecule has 0 spiro atoms. The number of anilines is 3. The molecule has 0 aliphatic carbocycles. The Hall–Kier alpha value is -4.01. The van der Waals surface area contributed by atoms with E-state index in [0.717, 1.165) is 5.56 Å². The summed E-state index contributed by atoms with van der Waals surface area (Å²) in [6.45, 7) is 5.85. The van der Waals surface area contributed by atoms with E-state index in [9.17, 15) is 9.18 Å². The molecule has 0 bridgehead atoms. The SMILES string of the molecule is Cc1cccc(NC(=O)Nc2ccc(-c3nn(C(C)C)c4ncnc(N)c34)cc2F)c1. The van der Waals surface area contributed by atoms with Crippen molar-refractivity contribution in [1.82, 2.24) is 19.7 Å². The van der Waals surface area contributed by atoms with E-state index < -0.39 is 11.8 Å². The number of hydrogen-bond donors (Lipinski definition) is 3. The number of aromatic nitrogens is 4. The molecule has 0 saturated heterocycles. The fourth-order valence-corrected chi connectivity index (χ4v) is 3.33. The lowest BCUT2D eigenvalue weighted by atomic mass is 10.1. The largest absolute Gasteiger partial charge is 0.383 e. The van der Waals surface area contributed by atoms with Crippen LogP contribution in [-0.2, 0) is 0 Å². The average Bonchev–Trinajstić information content (AvgIpc) is 3.11. The maximum atomic E-state index is 14.8. The van der Waals surface area contributed by atoms with E-state index in [1.807, 2.05) is 39.0 Å². The lowest BCUT2D eigenvalue weighted by Gasteiger charge is -2.10. The second-order valence-electron chi connectivity index (χ2n) is 7.49. The Balaban J connectivity index is 1.63. The van der Waals surface area contributed by atoms with Gasteiger partial charge in [-0.05, 0) is 50.6 Å². The summed E-state index contributed by atoms with van der Waals surface area (Å²) < 4.78 is 16.5. The fraction of sp³-hybridized carbons (Fsp3) is 0.182. The molecule has 0 unspecified atom stereocenters. The Kier molecular flexibility index (Phi) is 5.24. The molecule has 2 aromatic carbocycles. The molecule has 4 N–H and O–H groups in total. The lowest BCUT2D eigenvalue weighted by Crippen LogP contribution is -2.20. The number of nitrogens with zero attached hydrogens (tertiary/aromatic N) is 4. The van der Waals surface area contributed by atoms with Crippen molar-refractivity contribution < 1.29 is 9.18 Å². The smallest absolute Gasteiger partial charge is 0.323 e. The van der Waals surface area contributed by atoms with Crippen LogP contribution in [0.25, 0.3) is 22.3 Å². The predicted molar refractivity (Wildman–Crippen MR) is 119 cm³/mol. The number of rotatable bonds is 4. The third-order valence-corrected chi connectivity index (χ3v) is 4.77. The molecule has 9 heteroatoms. The Morgan fingerprint density at radius 2 is 1.94 bits per heavy atom. The summed E-state index contributed by atoms with van der Waals surface area (Å²) in [6.07, 6.45) is 1.38. The maximum Gasteiger partial charge on any atom is 0.323 e. The fourth-order valence-electron chi connectivity index (χ4n) is 3.33. The van der Waals surface area contributed by atoms with Gasteiger partial charge >= 0.3 is 6.03 Å². The highest BCUT2D eigenvalue weighted by atomic mass is 19.1. The van der Waals surface area contributed by atoms with Crippen LogP contribution in [0.15, 0.2) is 48.8 Å². The third kappa shape index (κ3) is 4.02. The molecule has 31 heavy (non-hydrogen) atoms. The maximum absolute atomic E-state index is 14.8. The van der Waals surface area contributed by atoms with E-state index >= 15 is 0 Å². The van der Waals surface area contributed by atoms with Crippen LogP contribution in [0.5, 0.6) is 0 Å². The molecular weight excluding hydrogens is 397 g/mol. The monoisotopic (exact) mass is 419 g/mol. The minimum absolute atomic E-state index is 0.0293. The van der Waals surface area contributed by atoms with Gasteiger partial charge < -0.3 is 16.4 Å². The zero-order valence-corrected chi connectivity index (χ0v) is 17.3. The molecule has 158 valence electrons. The number of halogens is 1. The molecule has 2 heterocycles. The molecular formula is C22H22FN7O. The van der Waals surface area contributed by atoms with Gasteiger partial charge in [0.05, 0.1) is 11.1 Å². The van der Waals surface area contributed by atoms with E-state index in [-0.39, 0.29) is 17.5 Å². The van der Waals surface area contributed by atoms with Gasteiger partial charge in [0, 0.05) is 17.3 Å². The number of fused-ring (bicyclic) bond motifs is 1. The summed E-state index contributed by atoms with van der Waals surface area (Å²) in [5, 5.41) is 10.4. The highest BCUT2D eigenvalue weighted by molar-refractivity contribution is 6.01. The number of amides is 2. The number of hydrogen-bond acceptors (Lipinski definition) is 5. The average molecular weight is 419 g/mol. The van der Waals surface area contributed by atoms with Crippen LogP contribution in [-0.4, -0.2) is 25.8 Å². The van der Waals surface area contributed by atoms with Crippen LogP contribution in [0.1, 0.15) is 25.5 Å². The summed E-state index contributed by atoms with van der Waals surface area (Å²) in [5.41, 5.74) is 9.31. The Morgan fingerprint density at radius 3 is 2.65 bits per heavy atom. The van der Waals surface area contributed by atoms with Gasteiger partial charge in [0.2, 0.25) is 0 Å². The minimum atomic E-state index is -0.598. The molecule has 0 aliphatic heterocycles. The molecule has 0 aliphatic rings. The van der Waals surface area contributed by atoms with Gasteiger partial charge in [0.25, 0.3) is 0 Å². The number of nitrogen functional groups attached to an aromatic ring is 1. The predicted octanol–water partition coefficient (Wildman–Crippen LogP) is 4.75. The highest BCUT2D eigenvalue weighted by Gasteiger charge is 2.19. The van der Waals surface area contributed by atoms with Crippen molar-refractivity contribution in [3.05, 3.63) is 60.2 Å². The van der Waals surface area contributed by atoms with Gasteiger partial charge in [-0.15, -0.1) is 0 Å². The number of nitrogens with two attached hydrogens (primary N) is 1. The van der Waals surface area contributed by atoms with E-state index in [1.54, 1.807) is 16.8 Å². The first-order valence-corrected chi connectivity index (χ1v) is 9.76. The summed E-state index contributed by atoms with van der Waals surface area (Å²) >= 11 is 0. The topological polar surface area (TPSA) is 111 Å². The molecule has 4 rings (SSSR count). The second-order valence-corrected chi connectivity index (χ2v) is 7.49. The van der Waals surface area contributed by atoms with Gasteiger partial charge in [-0.3, -0.25) is 0 Å². The molecule has 0 fully saturated rings. The van der Waals surface area contributed by atoms with Gasteiger partial charge in [0.15, 0.2) is 5.65 Å². The summed E-state index contributed by atoms with van der Waals surface area (Å²) in [5.74, 6) is -0.327. The van der Waals surface area contributed by atoms with E-state index in [0.29, 0.717) is 28.0 Å². The summed E-state index contributed by atoms with van der Waals surface area (Å²) in [7, 11) is 0. The van der Waals surface area contributed by atoms with Crippen LogP contribution >= 0.6 is 0 Å². The van der Waals surface area contributed by atoms with Gasteiger partial charge in [0.1, 0.15) is 23.7 Å². The molecule has 0 saturated carbocycles. The number of carbonyl (C=O) groups excluding carboxylic acids is 1. The molecule has 2 aromatic heterocycles. The van der Waals surface area contributed by atoms with E-state index in [1.165, 1.54) is 18.5 Å². The molecule has 0 radical (unpaired) electrons. The molecule has 0 atom stereocenters. The lowest BCUT2D eigenvalue weighted by molar-refractivity contribution is 0.262. The first-order valence-electron chi connectivity index (χ1n) is 9.76. The first kappa shape index (κ1) is 20.3. The van der Waals surface area contributed by atoms with Crippen molar-refractivity contribution in [3.8, 4) is 11.3 Å². The van der Waals surface area contributed by atoms with Crippen molar-refractivity contribution in [2.24, 2.45) is 0 Å². The van der Waals surface area contributed by atoms with Crippen molar-refractivity contribution >= 4 is 34.3 Å². The Labute approximate surface area is 178 Å². The standard InChI is InChI=1S/C22H22FN7O/c1-12(2)30-21-18(20(24)25-11-26-21)19(29-30)14-7-8-17(16(23)10-14)28-22(31)27-15-6-4-5-13(3)9-15/h4-12H,1-3H3,(H2,24,25,26)(H2,27,28,31). The molecule has 4 aromatic rings. The number of nitrogens with one attached hydrogen (secondary N) is 2. The third-order valence-electron chi connectivity index (χ3n) is 4.77. The first-order chi connectivity index (χ1) is 14.8. The van der Waals surface area contributed by atoms with Crippen LogP contribution in [0.2, 0.25) is 0 Å². The van der Waals surface area contributed by atoms with Crippen molar-refractivity contribution in [2.75, 3.05) is 16.4 Å². The Morgan fingerprint density at radius 1 is 1.13 bits per heavy atom. The summed E-state index contributed by atoms with van der Waals surface area (Å²) in [4.78, 5) is 20.6. The summed E-state index contributed by atoms with van der Waals surface area (Å²) in [6, 6.07) is 11.3. The second kappa shape index (κ2) is 8.02. The minimum Gasteiger partial charge on any atom is -0.383 e. The number of urea groups is 1. The van der Waals surface area contributed by atoms with Crippen LogP contribution in [0.4, 0.5) is 26.4 Å². The van der Waals surface area contributed by atoms with E-state index in [2.05, 4.69) is 25.7 Å². The van der Waals surface area contributed by atoms with Crippen LogP contribution in [0.3, 0.4) is 0 Å².